The molecular weight excluding hydrogens is 264 g/mol. The predicted octanol–water partition coefficient (Wildman–Crippen LogP) is 0.0533. The smallest absolute Gasteiger partial charge is 0.238 e. The van der Waals surface area contributed by atoms with Crippen molar-refractivity contribution in [3.63, 3.8) is 0 Å². The van der Waals surface area contributed by atoms with Gasteiger partial charge in [0.2, 0.25) is 5.91 Å². The van der Waals surface area contributed by atoms with Gasteiger partial charge in [0.25, 0.3) is 0 Å². The lowest BCUT2D eigenvalue weighted by Crippen LogP contribution is -2.53. The Morgan fingerprint density at radius 3 is 2.65 bits per heavy atom. The van der Waals surface area contributed by atoms with Crippen LogP contribution in [0.15, 0.2) is 0 Å². The third-order valence-electron chi connectivity index (χ3n) is 2.68. The normalized spacial score (nSPS) is 20.8. The number of nitrogens with zero attached hydrogens (tertiary/aromatic N) is 1. The van der Waals surface area contributed by atoms with E-state index < -0.39 is 9.84 Å². The van der Waals surface area contributed by atoms with Crippen LogP contribution >= 0.6 is 12.4 Å². The number of piperazine rings is 1. The molecule has 0 unspecified atom stereocenters. The molecule has 0 radical (unpaired) electrons. The molecule has 1 amide bonds. The molecule has 1 heterocycles. The molecule has 0 saturated carbocycles. The van der Waals surface area contributed by atoms with Gasteiger partial charge in [0.15, 0.2) is 9.84 Å². The van der Waals surface area contributed by atoms with Crippen molar-refractivity contribution in [2.24, 2.45) is 0 Å². The van der Waals surface area contributed by atoms with Crippen LogP contribution in [0.1, 0.15) is 20.3 Å². The van der Waals surface area contributed by atoms with Gasteiger partial charge in [0.05, 0.1) is 5.75 Å². The summed E-state index contributed by atoms with van der Waals surface area (Å²) in [6.45, 7) is 5.80. The number of hydrogen-bond acceptors (Lipinski definition) is 4. The monoisotopic (exact) mass is 284 g/mol. The Balaban J connectivity index is 0.00000256. The van der Waals surface area contributed by atoms with Gasteiger partial charge < -0.3 is 10.2 Å². The number of rotatable bonds is 4. The fourth-order valence-corrected chi connectivity index (χ4v) is 3.17. The van der Waals surface area contributed by atoms with Gasteiger partial charge in [0, 0.05) is 25.7 Å². The summed E-state index contributed by atoms with van der Waals surface area (Å²) in [5.74, 6) is -0.507. The first kappa shape index (κ1) is 16.7. The predicted molar refractivity (Wildman–Crippen MR) is 70.2 cm³/mol. The Hall–Kier alpha value is -0.330. The highest BCUT2D eigenvalue weighted by Gasteiger charge is 2.26. The van der Waals surface area contributed by atoms with Gasteiger partial charge in [-0.15, -0.1) is 12.4 Å². The fourth-order valence-electron chi connectivity index (χ4n) is 1.87. The third-order valence-corrected chi connectivity index (χ3v) is 4.40. The minimum Gasteiger partial charge on any atom is -0.337 e. The van der Waals surface area contributed by atoms with Gasteiger partial charge in [0.1, 0.15) is 5.75 Å². The molecule has 0 spiro atoms. The van der Waals surface area contributed by atoms with Crippen LogP contribution < -0.4 is 5.32 Å². The van der Waals surface area contributed by atoms with E-state index in [0.717, 1.165) is 13.1 Å². The quantitative estimate of drug-likeness (QED) is 0.792. The Morgan fingerprint density at radius 1 is 1.47 bits per heavy atom. The second-order valence-corrected chi connectivity index (χ2v) is 6.42. The van der Waals surface area contributed by atoms with Crippen molar-refractivity contribution in [2.75, 3.05) is 31.1 Å². The summed E-state index contributed by atoms with van der Waals surface area (Å²) >= 11 is 0. The maximum Gasteiger partial charge on any atom is 0.238 e. The number of halogens is 1. The number of carbonyl (C=O) groups is 1. The highest BCUT2D eigenvalue weighted by Crippen LogP contribution is 2.05. The summed E-state index contributed by atoms with van der Waals surface area (Å²) < 4.78 is 23.1. The molecule has 0 aliphatic carbocycles. The van der Waals surface area contributed by atoms with E-state index in [9.17, 15) is 13.2 Å². The first-order valence-corrected chi connectivity index (χ1v) is 7.49. The van der Waals surface area contributed by atoms with Crippen LogP contribution in [0.25, 0.3) is 0 Å². The summed E-state index contributed by atoms with van der Waals surface area (Å²) in [7, 11) is -3.22. The van der Waals surface area contributed by atoms with Gasteiger partial charge in [-0.05, 0) is 13.3 Å². The molecule has 1 atom stereocenters. The summed E-state index contributed by atoms with van der Waals surface area (Å²) in [6.07, 6.45) is 0.562. The van der Waals surface area contributed by atoms with Gasteiger partial charge in [-0.2, -0.15) is 0 Å². The fraction of sp³-hybridized carbons (Fsp3) is 0.900. The molecule has 1 N–H and O–H groups in total. The highest BCUT2D eigenvalue weighted by atomic mass is 35.5. The van der Waals surface area contributed by atoms with E-state index in [-0.39, 0.29) is 35.9 Å². The molecular formula is C10H21ClN2O3S. The van der Waals surface area contributed by atoms with E-state index in [1.165, 1.54) is 0 Å². The Kier molecular flexibility index (Phi) is 7.04. The van der Waals surface area contributed by atoms with Crippen LogP contribution in [0.2, 0.25) is 0 Å². The SMILES string of the molecule is CCCS(=O)(=O)CC(=O)N1CCNC[C@H]1C.Cl. The van der Waals surface area contributed by atoms with Crippen molar-refractivity contribution in [2.45, 2.75) is 26.3 Å². The van der Waals surface area contributed by atoms with Crippen molar-refractivity contribution in [3.05, 3.63) is 0 Å². The topological polar surface area (TPSA) is 66.5 Å². The zero-order chi connectivity index (χ0) is 12.2. The summed E-state index contributed by atoms with van der Waals surface area (Å²) in [5.41, 5.74) is 0. The summed E-state index contributed by atoms with van der Waals surface area (Å²) in [6, 6.07) is 0.0816. The minimum atomic E-state index is -3.22. The van der Waals surface area contributed by atoms with Gasteiger partial charge in [-0.25, -0.2) is 8.42 Å². The Bertz CT molecular complexity index is 345. The number of amides is 1. The van der Waals surface area contributed by atoms with Gasteiger partial charge in [-0.1, -0.05) is 6.92 Å². The first-order valence-electron chi connectivity index (χ1n) is 5.67. The third kappa shape index (κ3) is 5.23. The first-order chi connectivity index (χ1) is 7.46. The van der Waals surface area contributed by atoms with E-state index >= 15 is 0 Å². The summed E-state index contributed by atoms with van der Waals surface area (Å²) in [5, 5.41) is 3.16. The number of carbonyl (C=O) groups excluding carboxylic acids is 1. The van der Waals surface area contributed by atoms with E-state index in [1.807, 2.05) is 6.92 Å². The van der Waals surface area contributed by atoms with E-state index in [0.29, 0.717) is 13.0 Å². The maximum absolute atomic E-state index is 11.8. The zero-order valence-electron chi connectivity index (χ0n) is 10.3. The average molecular weight is 285 g/mol. The highest BCUT2D eigenvalue weighted by molar-refractivity contribution is 7.92. The molecule has 0 aromatic heterocycles. The van der Waals surface area contributed by atoms with Crippen molar-refractivity contribution in [1.82, 2.24) is 10.2 Å². The number of sulfone groups is 1. The molecule has 1 aliphatic rings. The molecule has 5 nitrogen and oxygen atoms in total. The molecule has 1 saturated heterocycles. The lowest BCUT2D eigenvalue weighted by atomic mass is 10.2. The lowest BCUT2D eigenvalue weighted by Gasteiger charge is -2.33. The van der Waals surface area contributed by atoms with Crippen LogP contribution in [0, 0.1) is 0 Å². The molecule has 102 valence electrons. The Labute approximate surface area is 109 Å². The van der Waals surface area contributed by atoms with E-state index in [4.69, 9.17) is 0 Å². The van der Waals surface area contributed by atoms with E-state index in [1.54, 1.807) is 11.8 Å². The average Bonchev–Trinajstić information content (AvgIpc) is 2.17. The van der Waals surface area contributed by atoms with Crippen LogP contribution in [-0.2, 0) is 14.6 Å². The van der Waals surface area contributed by atoms with Crippen LogP contribution in [0.5, 0.6) is 0 Å². The molecule has 7 heteroatoms. The molecule has 0 aromatic rings. The standard InChI is InChI=1S/C10H20N2O3S.ClH/c1-3-6-16(14,15)8-10(13)12-5-4-11-7-9(12)2;/h9,11H,3-8H2,1-2H3;1H/t9-;/m1./s1. The van der Waals surface area contributed by atoms with Crippen LogP contribution in [-0.4, -0.2) is 56.4 Å². The largest absolute Gasteiger partial charge is 0.337 e. The molecule has 1 rings (SSSR count). The van der Waals surface area contributed by atoms with Crippen molar-refractivity contribution >= 4 is 28.2 Å². The van der Waals surface area contributed by atoms with Crippen LogP contribution in [0.3, 0.4) is 0 Å². The van der Waals surface area contributed by atoms with Crippen molar-refractivity contribution < 1.29 is 13.2 Å². The minimum absolute atomic E-state index is 0. The lowest BCUT2D eigenvalue weighted by molar-refractivity contribution is -0.131. The van der Waals surface area contributed by atoms with Crippen molar-refractivity contribution in [3.8, 4) is 0 Å². The number of nitrogens with one attached hydrogen (secondary N) is 1. The summed E-state index contributed by atoms with van der Waals surface area (Å²) in [4.78, 5) is 13.5. The Morgan fingerprint density at radius 2 is 2.12 bits per heavy atom. The van der Waals surface area contributed by atoms with E-state index in [2.05, 4.69) is 5.32 Å². The second kappa shape index (κ2) is 7.18. The van der Waals surface area contributed by atoms with Crippen LogP contribution in [0.4, 0.5) is 0 Å². The second-order valence-electron chi connectivity index (χ2n) is 4.23. The molecule has 1 aliphatic heterocycles. The molecule has 0 bridgehead atoms. The zero-order valence-corrected chi connectivity index (χ0v) is 11.9. The van der Waals surface area contributed by atoms with Crippen molar-refractivity contribution in [1.29, 1.82) is 0 Å². The van der Waals surface area contributed by atoms with Gasteiger partial charge >= 0.3 is 0 Å². The van der Waals surface area contributed by atoms with Gasteiger partial charge in [-0.3, -0.25) is 4.79 Å². The molecule has 17 heavy (non-hydrogen) atoms. The molecule has 0 aromatic carbocycles. The number of hydrogen-bond donors (Lipinski definition) is 1. The maximum atomic E-state index is 11.8. The molecule has 1 fully saturated rings.